The van der Waals surface area contributed by atoms with E-state index in [1.54, 1.807) is 6.26 Å². The summed E-state index contributed by atoms with van der Waals surface area (Å²) in [5.41, 5.74) is 0. The first-order valence-corrected chi connectivity index (χ1v) is 21.9. The van der Waals surface area contributed by atoms with Gasteiger partial charge < -0.3 is 27.9 Å². The van der Waals surface area contributed by atoms with Crippen LogP contribution in [-0.2, 0) is 27.9 Å². The zero-order valence-corrected chi connectivity index (χ0v) is 33.8. The van der Waals surface area contributed by atoms with Crippen LogP contribution in [0.3, 0.4) is 0 Å². The third-order valence-corrected chi connectivity index (χ3v) is 9.88. The van der Waals surface area contributed by atoms with Crippen LogP contribution in [0.15, 0.2) is 12.3 Å². The number of unbranched alkanes of at least 4 members (excludes halogenated alkanes) is 24. The van der Waals surface area contributed by atoms with E-state index in [0.29, 0.717) is 17.4 Å². The van der Waals surface area contributed by atoms with E-state index in [0.717, 1.165) is 32.1 Å². The van der Waals surface area contributed by atoms with Gasteiger partial charge in [0.1, 0.15) is 19.8 Å². The van der Waals surface area contributed by atoms with Gasteiger partial charge in [-0.3, -0.25) is 9.36 Å². The quantitative estimate of drug-likeness (QED) is 0.0206. The molecule has 0 aliphatic carbocycles. The fraction of sp³-hybridized carbons (Fsp3) is 0.925. The average molecular weight is 718 g/mol. The number of hydrogen-bond donors (Lipinski definition) is 0. The number of esters is 1. The average Bonchev–Trinajstić information content (AvgIpc) is 3.04. The summed E-state index contributed by atoms with van der Waals surface area (Å²) >= 11 is 0. The maximum absolute atomic E-state index is 12.6. The van der Waals surface area contributed by atoms with Crippen LogP contribution in [-0.4, -0.2) is 64.1 Å². The Balaban J connectivity index is 4.31. The van der Waals surface area contributed by atoms with Crippen molar-refractivity contribution in [2.45, 2.75) is 193 Å². The van der Waals surface area contributed by atoms with Crippen LogP contribution in [0.4, 0.5) is 0 Å². The van der Waals surface area contributed by atoms with E-state index < -0.39 is 13.9 Å². The number of hydrogen-bond acceptors (Lipinski definition) is 7. The molecule has 1 unspecified atom stereocenters. The van der Waals surface area contributed by atoms with Crippen LogP contribution >= 0.6 is 7.82 Å². The number of quaternary nitrogens is 1. The van der Waals surface area contributed by atoms with Gasteiger partial charge in [0.15, 0.2) is 6.10 Å². The molecule has 9 heteroatoms. The predicted octanol–water partition coefficient (Wildman–Crippen LogP) is 11.2. The van der Waals surface area contributed by atoms with Crippen LogP contribution in [0, 0.1) is 0 Å². The van der Waals surface area contributed by atoms with Crippen molar-refractivity contribution in [2.24, 2.45) is 0 Å². The van der Waals surface area contributed by atoms with Crippen molar-refractivity contribution < 1.29 is 37.3 Å². The Bertz CT molecular complexity index is 802. The second kappa shape index (κ2) is 34.2. The maximum atomic E-state index is 12.6. The van der Waals surface area contributed by atoms with E-state index in [2.05, 4.69) is 13.8 Å². The van der Waals surface area contributed by atoms with Crippen LogP contribution in [0.2, 0.25) is 0 Å². The lowest BCUT2D eigenvalue weighted by Crippen LogP contribution is -2.37. The first-order valence-electron chi connectivity index (χ1n) is 20.5. The van der Waals surface area contributed by atoms with E-state index in [1.165, 1.54) is 135 Å². The number of allylic oxidation sites excluding steroid dienone is 1. The number of phosphoric acid groups is 1. The highest BCUT2D eigenvalue weighted by Crippen LogP contribution is 2.38. The lowest BCUT2D eigenvalue weighted by atomic mass is 10.0. The van der Waals surface area contributed by atoms with Gasteiger partial charge in [-0.15, -0.1) is 0 Å². The summed E-state index contributed by atoms with van der Waals surface area (Å²) in [5, 5.41) is 0. The van der Waals surface area contributed by atoms with Crippen LogP contribution in [0.5, 0.6) is 0 Å². The molecule has 0 aromatic carbocycles. The highest BCUT2D eigenvalue weighted by Gasteiger charge is 2.20. The molecule has 0 saturated heterocycles. The molecule has 0 bridgehead atoms. The Kier molecular flexibility index (Phi) is 33.5. The van der Waals surface area contributed by atoms with Crippen molar-refractivity contribution >= 4 is 13.8 Å². The normalized spacial score (nSPS) is 13.9. The molecule has 0 saturated carbocycles. The monoisotopic (exact) mass is 718 g/mol. The van der Waals surface area contributed by atoms with Crippen molar-refractivity contribution in [2.75, 3.05) is 47.5 Å². The number of phosphoric ester groups is 1. The van der Waals surface area contributed by atoms with E-state index >= 15 is 0 Å². The molecule has 2 atom stereocenters. The minimum atomic E-state index is -4.53. The fourth-order valence-corrected chi connectivity index (χ4v) is 6.42. The minimum absolute atomic E-state index is 0.0200. The first kappa shape index (κ1) is 48.1. The number of carbonyl (C=O) groups excluding carboxylic acids is 1. The molecule has 0 fully saturated rings. The highest BCUT2D eigenvalue weighted by atomic mass is 31.2. The molecule has 292 valence electrons. The van der Waals surface area contributed by atoms with Gasteiger partial charge >= 0.3 is 5.97 Å². The number of carbonyl (C=O) groups is 1. The summed E-state index contributed by atoms with van der Waals surface area (Å²) in [6, 6.07) is 0. The Hall–Kier alpha value is -0.920. The Labute approximate surface area is 303 Å². The molecule has 8 nitrogen and oxygen atoms in total. The van der Waals surface area contributed by atoms with Crippen LogP contribution in [0.1, 0.15) is 187 Å². The largest absolute Gasteiger partial charge is 0.756 e. The van der Waals surface area contributed by atoms with Gasteiger partial charge in [0.25, 0.3) is 7.82 Å². The summed E-state index contributed by atoms with van der Waals surface area (Å²) in [4.78, 5) is 24.9. The Morgan fingerprint density at radius 1 is 0.633 bits per heavy atom. The van der Waals surface area contributed by atoms with Gasteiger partial charge in [0.05, 0.1) is 34.0 Å². The van der Waals surface area contributed by atoms with Gasteiger partial charge in [-0.2, -0.15) is 0 Å². The molecule has 0 aliphatic heterocycles. The summed E-state index contributed by atoms with van der Waals surface area (Å²) in [6.07, 6.45) is 35.9. The molecule has 0 aromatic rings. The van der Waals surface area contributed by atoms with Gasteiger partial charge in [-0.1, -0.05) is 162 Å². The standard InChI is InChI=1S/C40H80NO7P/c1-6-8-10-12-14-16-18-20-22-24-26-28-30-32-35-45-37-39(38-47-49(43,44)46-36-34-41(3,4)5)48-40(42)33-31-29-27-25-23-21-19-17-15-13-11-9-7-2/h32,35,39H,6-31,33-34,36-38H2,1-5H3/b35-32-/t39-/m0/s1. The van der Waals surface area contributed by atoms with Crippen LogP contribution in [0.25, 0.3) is 0 Å². The number of ether oxygens (including phenoxy) is 2. The Morgan fingerprint density at radius 3 is 1.51 bits per heavy atom. The second-order valence-electron chi connectivity index (χ2n) is 15.1. The smallest absolute Gasteiger partial charge is 0.306 e. The van der Waals surface area contributed by atoms with Gasteiger partial charge in [0, 0.05) is 6.42 Å². The van der Waals surface area contributed by atoms with E-state index in [4.69, 9.17) is 18.5 Å². The molecule has 0 spiro atoms. The van der Waals surface area contributed by atoms with Crippen molar-refractivity contribution in [1.29, 1.82) is 0 Å². The topological polar surface area (TPSA) is 94.1 Å². The first-order chi connectivity index (χ1) is 23.6. The SMILES string of the molecule is CCCCCCCCCCCCCC/C=C\OC[C@@H](COP(=O)([O-])OCC[N+](C)(C)C)OC(=O)CCCCCCCCCCCCCCC. The zero-order chi connectivity index (χ0) is 36.3. The molecule has 49 heavy (non-hydrogen) atoms. The highest BCUT2D eigenvalue weighted by molar-refractivity contribution is 7.45. The maximum Gasteiger partial charge on any atom is 0.306 e. The van der Waals surface area contributed by atoms with Crippen molar-refractivity contribution in [3.8, 4) is 0 Å². The van der Waals surface area contributed by atoms with E-state index in [9.17, 15) is 14.3 Å². The molecule has 0 N–H and O–H groups in total. The molecule has 0 aliphatic rings. The van der Waals surface area contributed by atoms with Gasteiger partial charge in [0.2, 0.25) is 0 Å². The summed E-state index contributed by atoms with van der Waals surface area (Å²) in [5.74, 6) is -0.354. The minimum Gasteiger partial charge on any atom is -0.756 e. The lowest BCUT2D eigenvalue weighted by Gasteiger charge is -2.28. The van der Waals surface area contributed by atoms with E-state index in [-0.39, 0.29) is 25.8 Å². The van der Waals surface area contributed by atoms with E-state index in [1.807, 2.05) is 27.2 Å². The lowest BCUT2D eigenvalue weighted by molar-refractivity contribution is -0.870. The molecule has 0 radical (unpaired) electrons. The third kappa shape index (κ3) is 38.1. The molecular weight excluding hydrogens is 637 g/mol. The zero-order valence-electron chi connectivity index (χ0n) is 32.9. The number of rotatable bonds is 38. The molecular formula is C40H80NO7P. The molecule has 0 rings (SSSR count). The van der Waals surface area contributed by atoms with Gasteiger partial charge in [-0.05, 0) is 25.3 Å². The van der Waals surface area contributed by atoms with Crippen molar-refractivity contribution in [1.82, 2.24) is 0 Å². The van der Waals surface area contributed by atoms with Crippen molar-refractivity contribution in [3.63, 3.8) is 0 Å². The molecule has 0 aromatic heterocycles. The van der Waals surface area contributed by atoms with Crippen molar-refractivity contribution in [3.05, 3.63) is 12.3 Å². The fourth-order valence-electron chi connectivity index (χ4n) is 5.69. The number of likely N-dealkylation sites (N-methyl/N-ethyl adjacent to an activating group) is 1. The second-order valence-corrected chi connectivity index (χ2v) is 16.5. The summed E-state index contributed by atoms with van der Waals surface area (Å²) < 4.78 is 34.2. The third-order valence-electron chi connectivity index (χ3n) is 8.91. The van der Waals surface area contributed by atoms with Crippen LogP contribution < -0.4 is 4.89 Å². The summed E-state index contributed by atoms with van der Waals surface area (Å²) in [7, 11) is 1.33. The molecule has 0 heterocycles. The van der Waals surface area contributed by atoms with Gasteiger partial charge in [-0.25, -0.2) is 0 Å². The summed E-state index contributed by atoms with van der Waals surface area (Å²) in [6.45, 7) is 4.75. The predicted molar refractivity (Wildman–Crippen MR) is 203 cm³/mol. The molecule has 0 amide bonds. The number of nitrogens with zero attached hydrogens (tertiary/aromatic N) is 1. The Morgan fingerprint density at radius 2 is 1.06 bits per heavy atom.